The van der Waals surface area contributed by atoms with E-state index in [9.17, 15) is 9.18 Å². The van der Waals surface area contributed by atoms with E-state index >= 15 is 0 Å². The number of rotatable bonds is 7. The van der Waals surface area contributed by atoms with E-state index in [1.165, 1.54) is 18.2 Å². The van der Waals surface area contributed by atoms with Gasteiger partial charge in [0.15, 0.2) is 6.10 Å². The normalized spacial score (nSPS) is 13.6. The van der Waals surface area contributed by atoms with E-state index in [1.54, 1.807) is 19.3 Å². The van der Waals surface area contributed by atoms with Gasteiger partial charge in [0.2, 0.25) is 0 Å². The predicted octanol–water partition coefficient (Wildman–Crippen LogP) is 2.61. The van der Waals surface area contributed by atoms with Crippen molar-refractivity contribution in [1.82, 2.24) is 10.2 Å². The summed E-state index contributed by atoms with van der Waals surface area (Å²) in [7, 11) is 3.82. The van der Waals surface area contributed by atoms with Gasteiger partial charge in [-0.25, -0.2) is 4.39 Å². The minimum atomic E-state index is -0.726. The molecule has 6 heteroatoms. The Morgan fingerprint density at radius 3 is 2.74 bits per heavy atom. The van der Waals surface area contributed by atoms with E-state index in [0.29, 0.717) is 12.3 Å². The molecule has 1 aromatic carbocycles. The van der Waals surface area contributed by atoms with Gasteiger partial charge >= 0.3 is 0 Å². The van der Waals surface area contributed by atoms with Crippen LogP contribution in [0.1, 0.15) is 18.7 Å². The third kappa shape index (κ3) is 4.82. The van der Waals surface area contributed by atoms with Crippen LogP contribution in [0, 0.1) is 5.82 Å². The second kappa shape index (κ2) is 7.78. The largest absolute Gasteiger partial charge is 0.481 e. The topological polar surface area (TPSA) is 54.7 Å². The fourth-order valence-electron chi connectivity index (χ4n) is 2.16. The van der Waals surface area contributed by atoms with Crippen LogP contribution in [0.25, 0.3) is 0 Å². The number of ether oxygens (including phenoxy) is 1. The molecule has 1 N–H and O–H groups in total. The zero-order chi connectivity index (χ0) is 16.8. The Labute approximate surface area is 135 Å². The van der Waals surface area contributed by atoms with E-state index in [4.69, 9.17) is 9.15 Å². The fraction of sp³-hybridized carbons (Fsp3) is 0.353. The van der Waals surface area contributed by atoms with Gasteiger partial charge in [-0.15, -0.1) is 0 Å². The number of likely N-dealkylation sites (N-methyl/N-ethyl adjacent to an activating group) is 1. The smallest absolute Gasteiger partial charge is 0.260 e. The summed E-state index contributed by atoms with van der Waals surface area (Å²) in [6, 6.07) is 9.31. The maximum Gasteiger partial charge on any atom is 0.260 e. The molecule has 0 aliphatic heterocycles. The minimum absolute atomic E-state index is 0.0738. The molecule has 2 rings (SSSR count). The van der Waals surface area contributed by atoms with E-state index in [2.05, 4.69) is 5.32 Å². The summed E-state index contributed by atoms with van der Waals surface area (Å²) in [4.78, 5) is 14.1. The zero-order valence-electron chi connectivity index (χ0n) is 13.5. The van der Waals surface area contributed by atoms with Crippen molar-refractivity contribution < 1.29 is 18.3 Å². The molecule has 0 aliphatic rings. The van der Waals surface area contributed by atoms with Crippen molar-refractivity contribution >= 4 is 5.91 Å². The third-order valence-corrected chi connectivity index (χ3v) is 3.44. The van der Waals surface area contributed by atoms with E-state index < -0.39 is 11.9 Å². The van der Waals surface area contributed by atoms with E-state index in [1.807, 2.05) is 31.1 Å². The highest BCUT2D eigenvalue weighted by Crippen LogP contribution is 2.18. The van der Waals surface area contributed by atoms with Crippen LogP contribution in [0.4, 0.5) is 4.39 Å². The fourth-order valence-corrected chi connectivity index (χ4v) is 2.16. The molecular formula is C17H21FN2O3. The monoisotopic (exact) mass is 320 g/mol. The Balaban J connectivity index is 1.90. The average molecular weight is 320 g/mol. The second-order valence-corrected chi connectivity index (χ2v) is 5.46. The maximum atomic E-state index is 13.1. The summed E-state index contributed by atoms with van der Waals surface area (Å²) in [6.07, 6.45) is 0.875. The molecule has 23 heavy (non-hydrogen) atoms. The van der Waals surface area contributed by atoms with Gasteiger partial charge in [-0.3, -0.25) is 9.69 Å². The minimum Gasteiger partial charge on any atom is -0.481 e. The van der Waals surface area contributed by atoms with Crippen LogP contribution in [-0.4, -0.2) is 37.6 Å². The lowest BCUT2D eigenvalue weighted by molar-refractivity contribution is -0.127. The molecule has 0 spiro atoms. The molecule has 2 aromatic rings. The molecular weight excluding hydrogens is 299 g/mol. The van der Waals surface area contributed by atoms with Crippen molar-refractivity contribution in [2.45, 2.75) is 19.1 Å². The number of furan rings is 1. The number of halogens is 1. The molecule has 0 saturated heterocycles. The Morgan fingerprint density at radius 1 is 1.35 bits per heavy atom. The van der Waals surface area contributed by atoms with Crippen molar-refractivity contribution in [3.63, 3.8) is 0 Å². The summed E-state index contributed by atoms with van der Waals surface area (Å²) in [6.45, 7) is 2.01. The quantitative estimate of drug-likeness (QED) is 0.852. The van der Waals surface area contributed by atoms with Gasteiger partial charge < -0.3 is 14.5 Å². The molecule has 0 unspecified atom stereocenters. The Kier molecular flexibility index (Phi) is 5.76. The van der Waals surface area contributed by atoms with Gasteiger partial charge in [0.1, 0.15) is 17.3 Å². The molecule has 1 amide bonds. The number of hydrogen-bond donors (Lipinski definition) is 1. The van der Waals surface area contributed by atoms with Gasteiger partial charge in [0, 0.05) is 12.6 Å². The van der Waals surface area contributed by atoms with Gasteiger partial charge in [-0.05, 0) is 45.3 Å². The summed E-state index contributed by atoms with van der Waals surface area (Å²) in [5, 5.41) is 2.83. The number of amides is 1. The molecule has 124 valence electrons. The number of carbonyl (C=O) groups excluding carboxylic acids is 1. The molecule has 5 nitrogen and oxygen atoms in total. The van der Waals surface area contributed by atoms with Crippen molar-refractivity contribution in [2.24, 2.45) is 0 Å². The van der Waals surface area contributed by atoms with Crippen LogP contribution in [-0.2, 0) is 4.79 Å². The maximum absolute atomic E-state index is 13.1. The Hall–Kier alpha value is -2.34. The zero-order valence-corrected chi connectivity index (χ0v) is 13.5. The van der Waals surface area contributed by atoms with Gasteiger partial charge in [-0.2, -0.15) is 0 Å². The molecule has 1 heterocycles. The summed E-state index contributed by atoms with van der Waals surface area (Å²) in [5.41, 5.74) is 0. The molecule has 1 aromatic heterocycles. The highest BCUT2D eigenvalue weighted by Gasteiger charge is 2.20. The first kappa shape index (κ1) is 17.0. The van der Waals surface area contributed by atoms with E-state index in [-0.39, 0.29) is 11.9 Å². The number of benzene rings is 1. The molecule has 0 bridgehead atoms. The molecule has 0 fully saturated rings. The Bertz CT molecular complexity index is 629. The SMILES string of the molecule is C[C@@H](Oc1cccc(F)c1)C(=O)NC[C@H](c1ccco1)N(C)C. The standard InChI is InChI=1S/C17H21FN2O3/c1-12(23-14-7-4-6-13(18)10-14)17(21)19-11-15(20(2)3)16-8-5-9-22-16/h4-10,12,15H,11H2,1-3H3,(H,19,21)/t12-,15-/m1/s1. The predicted molar refractivity (Wildman–Crippen MR) is 84.6 cm³/mol. The lowest BCUT2D eigenvalue weighted by atomic mass is 10.2. The number of nitrogens with one attached hydrogen (secondary N) is 1. The van der Waals surface area contributed by atoms with Crippen molar-refractivity contribution in [1.29, 1.82) is 0 Å². The summed E-state index contributed by atoms with van der Waals surface area (Å²) >= 11 is 0. The lowest BCUT2D eigenvalue weighted by Crippen LogP contribution is -2.40. The molecule has 0 radical (unpaired) electrons. The molecule has 2 atom stereocenters. The average Bonchev–Trinajstić information content (AvgIpc) is 3.01. The number of carbonyl (C=O) groups is 1. The highest BCUT2D eigenvalue weighted by molar-refractivity contribution is 5.80. The second-order valence-electron chi connectivity index (χ2n) is 5.46. The van der Waals surface area contributed by atoms with Gasteiger partial charge in [0.25, 0.3) is 5.91 Å². The summed E-state index contributed by atoms with van der Waals surface area (Å²) < 4.78 is 24.0. The van der Waals surface area contributed by atoms with Crippen molar-refractivity contribution in [3.05, 3.63) is 54.2 Å². The van der Waals surface area contributed by atoms with Crippen LogP contribution >= 0.6 is 0 Å². The first-order valence-corrected chi connectivity index (χ1v) is 7.37. The Morgan fingerprint density at radius 2 is 2.13 bits per heavy atom. The van der Waals surface area contributed by atoms with Gasteiger partial charge in [0.05, 0.1) is 12.3 Å². The molecule has 0 saturated carbocycles. The first-order chi connectivity index (χ1) is 11.0. The summed E-state index contributed by atoms with van der Waals surface area (Å²) in [5.74, 6) is 0.421. The van der Waals surface area contributed by atoms with E-state index in [0.717, 1.165) is 5.76 Å². The number of hydrogen-bond acceptors (Lipinski definition) is 4. The highest BCUT2D eigenvalue weighted by atomic mass is 19.1. The van der Waals surface area contributed by atoms with Crippen LogP contribution < -0.4 is 10.1 Å². The van der Waals surface area contributed by atoms with Crippen LogP contribution in [0.15, 0.2) is 47.1 Å². The molecule has 0 aliphatic carbocycles. The van der Waals surface area contributed by atoms with Crippen molar-refractivity contribution in [3.8, 4) is 5.75 Å². The van der Waals surface area contributed by atoms with Crippen LogP contribution in [0.5, 0.6) is 5.75 Å². The number of nitrogens with zero attached hydrogens (tertiary/aromatic N) is 1. The third-order valence-electron chi connectivity index (χ3n) is 3.44. The van der Waals surface area contributed by atoms with Crippen LogP contribution in [0.2, 0.25) is 0 Å². The lowest BCUT2D eigenvalue weighted by Gasteiger charge is -2.23. The van der Waals surface area contributed by atoms with Crippen LogP contribution in [0.3, 0.4) is 0 Å². The van der Waals surface area contributed by atoms with Gasteiger partial charge in [-0.1, -0.05) is 6.07 Å². The first-order valence-electron chi connectivity index (χ1n) is 7.37. The van der Waals surface area contributed by atoms with Crippen molar-refractivity contribution in [2.75, 3.05) is 20.6 Å².